The van der Waals surface area contributed by atoms with Gasteiger partial charge in [0.1, 0.15) is 17.3 Å². The minimum atomic E-state index is -4.44. The molecule has 1 saturated heterocycles. The van der Waals surface area contributed by atoms with E-state index < -0.39 is 11.9 Å². The predicted octanol–water partition coefficient (Wildman–Crippen LogP) is 4.49. The number of piperidine rings is 1. The van der Waals surface area contributed by atoms with Crippen molar-refractivity contribution >= 4 is 11.6 Å². The molecule has 0 radical (unpaired) electrons. The molecule has 0 aromatic carbocycles. The maximum Gasteiger partial charge on any atom is 0.433 e. The molecule has 4 nitrogen and oxygen atoms in total. The quantitative estimate of drug-likeness (QED) is 0.761. The molecule has 2 aromatic heterocycles. The molecule has 0 saturated carbocycles. The number of carbonyl (C=O) groups is 1. The summed E-state index contributed by atoms with van der Waals surface area (Å²) in [6.45, 7) is 2.96. The Labute approximate surface area is 143 Å². The first kappa shape index (κ1) is 17.5. The Bertz CT molecular complexity index is 747. The van der Waals surface area contributed by atoms with Crippen LogP contribution in [0.25, 0.3) is 0 Å². The molecule has 1 aliphatic rings. The summed E-state index contributed by atoms with van der Waals surface area (Å²) in [5, 5.41) is 0. The summed E-state index contributed by atoms with van der Waals surface area (Å²) in [4.78, 5) is 17.8. The number of nitrogens with zero attached hydrogens (tertiary/aromatic N) is 2. The van der Waals surface area contributed by atoms with Gasteiger partial charge >= 0.3 is 6.18 Å². The second-order valence-corrected chi connectivity index (χ2v) is 6.35. The molecule has 134 valence electrons. The number of Topliss-reactive ketones (excluding diaryl/α,β-unsaturated/α-hetero) is 1. The van der Waals surface area contributed by atoms with Crippen LogP contribution < -0.4 is 4.90 Å². The number of ketones is 1. The molecule has 3 heterocycles. The molecule has 2 aromatic rings. The molecule has 0 aliphatic carbocycles. The van der Waals surface area contributed by atoms with Crippen molar-refractivity contribution in [1.29, 1.82) is 0 Å². The Kier molecular flexibility index (Phi) is 4.83. The highest BCUT2D eigenvalue weighted by Gasteiger charge is 2.33. The van der Waals surface area contributed by atoms with Gasteiger partial charge in [-0.2, -0.15) is 13.2 Å². The number of carbonyl (C=O) groups excluding carboxylic acids is 1. The van der Waals surface area contributed by atoms with Crippen LogP contribution >= 0.6 is 0 Å². The number of hydrogen-bond donors (Lipinski definition) is 0. The molecule has 0 spiro atoms. The van der Waals surface area contributed by atoms with E-state index in [-0.39, 0.29) is 11.7 Å². The number of pyridine rings is 1. The van der Waals surface area contributed by atoms with E-state index in [1.165, 1.54) is 6.07 Å². The largest absolute Gasteiger partial charge is 0.458 e. The second-order valence-electron chi connectivity index (χ2n) is 6.35. The zero-order chi connectivity index (χ0) is 18.0. The number of furan rings is 1. The molecular weight excluding hydrogens is 333 g/mol. The SMILES string of the molecule is Cc1ccc(C(=O)CC2CCN(c3cccc(C(F)(F)F)n3)CC2)o1. The first-order valence-corrected chi connectivity index (χ1v) is 8.22. The van der Waals surface area contributed by atoms with Crippen LogP contribution in [0.5, 0.6) is 0 Å². The first-order chi connectivity index (χ1) is 11.8. The molecule has 1 aliphatic heterocycles. The molecule has 25 heavy (non-hydrogen) atoms. The fourth-order valence-electron chi connectivity index (χ4n) is 3.07. The highest BCUT2D eigenvalue weighted by molar-refractivity contribution is 5.93. The van der Waals surface area contributed by atoms with Crippen molar-refractivity contribution in [3.05, 3.63) is 47.5 Å². The van der Waals surface area contributed by atoms with E-state index in [4.69, 9.17) is 4.42 Å². The van der Waals surface area contributed by atoms with E-state index in [2.05, 4.69) is 4.98 Å². The smallest absolute Gasteiger partial charge is 0.433 e. The lowest BCUT2D eigenvalue weighted by molar-refractivity contribution is -0.141. The minimum Gasteiger partial charge on any atom is -0.458 e. The Hall–Kier alpha value is -2.31. The number of alkyl halides is 3. The third kappa shape index (κ3) is 4.21. The van der Waals surface area contributed by atoms with Crippen LogP contribution in [0.4, 0.5) is 19.0 Å². The van der Waals surface area contributed by atoms with Gasteiger partial charge in [0, 0.05) is 19.5 Å². The van der Waals surface area contributed by atoms with Gasteiger partial charge in [-0.1, -0.05) is 6.07 Å². The lowest BCUT2D eigenvalue weighted by Crippen LogP contribution is -2.35. The van der Waals surface area contributed by atoms with E-state index >= 15 is 0 Å². The van der Waals surface area contributed by atoms with Gasteiger partial charge in [0.25, 0.3) is 0 Å². The standard InChI is InChI=1S/C18H19F3N2O2/c1-12-5-6-15(25-12)14(24)11-13-7-9-23(10-8-13)17-4-2-3-16(22-17)18(19,20)21/h2-6,13H,7-11H2,1H3. The van der Waals surface area contributed by atoms with Crippen molar-refractivity contribution in [2.24, 2.45) is 5.92 Å². The maximum absolute atomic E-state index is 12.8. The van der Waals surface area contributed by atoms with Crippen LogP contribution in [0.3, 0.4) is 0 Å². The number of aromatic nitrogens is 1. The van der Waals surface area contributed by atoms with E-state index in [0.717, 1.165) is 18.9 Å². The van der Waals surface area contributed by atoms with E-state index in [0.29, 0.717) is 36.8 Å². The van der Waals surface area contributed by atoms with Crippen molar-refractivity contribution in [1.82, 2.24) is 4.98 Å². The minimum absolute atomic E-state index is 0.0243. The number of rotatable bonds is 4. The lowest BCUT2D eigenvalue weighted by atomic mass is 9.91. The van der Waals surface area contributed by atoms with Crippen molar-refractivity contribution in [3.63, 3.8) is 0 Å². The van der Waals surface area contributed by atoms with Crippen molar-refractivity contribution in [2.75, 3.05) is 18.0 Å². The van der Waals surface area contributed by atoms with E-state index in [9.17, 15) is 18.0 Å². The molecule has 0 amide bonds. The van der Waals surface area contributed by atoms with Gasteiger partial charge in [-0.3, -0.25) is 4.79 Å². The zero-order valence-corrected chi connectivity index (χ0v) is 13.8. The highest BCUT2D eigenvalue weighted by Crippen LogP contribution is 2.30. The molecule has 0 atom stereocenters. The summed E-state index contributed by atoms with van der Waals surface area (Å²) >= 11 is 0. The summed E-state index contributed by atoms with van der Waals surface area (Å²) in [7, 11) is 0. The number of anilines is 1. The van der Waals surface area contributed by atoms with Gasteiger partial charge in [0.15, 0.2) is 11.5 Å². The number of aryl methyl sites for hydroxylation is 1. The summed E-state index contributed by atoms with van der Waals surface area (Å²) in [5.41, 5.74) is -0.879. The normalized spacial score (nSPS) is 16.2. The van der Waals surface area contributed by atoms with Crippen LogP contribution in [0.2, 0.25) is 0 Å². The van der Waals surface area contributed by atoms with E-state index in [1.54, 1.807) is 25.1 Å². The lowest BCUT2D eigenvalue weighted by Gasteiger charge is -2.32. The topological polar surface area (TPSA) is 46.3 Å². The van der Waals surface area contributed by atoms with Crippen molar-refractivity contribution in [3.8, 4) is 0 Å². The molecule has 0 unspecified atom stereocenters. The van der Waals surface area contributed by atoms with Crippen LogP contribution in [0.1, 0.15) is 41.3 Å². The summed E-state index contributed by atoms with van der Waals surface area (Å²) < 4.78 is 43.7. The van der Waals surface area contributed by atoms with Crippen molar-refractivity contribution < 1.29 is 22.4 Å². The van der Waals surface area contributed by atoms with Gasteiger partial charge < -0.3 is 9.32 Å². The number of hydrogen-bond acceptors (Lipinski definition) is 4. The molecule has 0 N–H and O–H groups in total. The van der Waals surface area contributed by atoms with Gasteiger partial charge in [-0.05, 0) is 49.9 Å². The molecular formula is C18H19F3N2O2. The Morgan fingerprint density at radius 2 is 1.96 bits per heavy atom. The monoisotopic (exact) mass is 352 g/mol. The fraction of sp³-hybridized carbons (Fsp3) is 0.444. The molecule has 0 bridgehead atoms. The van der Waals surface area contributed by atoms with Gasteiger partial charge in [-0.25, -0.2) is 4.98 Å². The summed E-state index contributed by atoms with van der Waals surface area (Å²) in [6.07, 6.45) is -2.56. The first-order valence-electron chi connectivity index (χ1n) is 8.22. The summed E-state index contributed by atoms with van der Waals surface area (Å²) in [6, 6.07) is 7.38. The van der Waals surface area contributed by atoms with Gasteiger partial charge in [-0.15, -0.1) is 0 Å². The van der Waals surface area contributed by atoms with Gasteiger partial charge in [0.05, 0.1) is 0 Å². The number of halogens is 3. The third-order valence-corrected chi connectivity index (χ3v) is 4.45. The van der Waals surface area contributed by atoms with Crippen molar-refractivity contribution in [2.45, 2.75) is 32.4 Å². The van der Waals surface area contributed by atoms with Crippen LogP contribution in [0.15, 0.2) is 34.7 Å². The predicted molar refractivity (Wildman–Crippen MR) is 86.6 cm³/mol. The Morgan fingerprint density at radius 1 is 1.24 bits per heavy atom. The van der Waals surface area contributed by atoms with Crippen LogP contribution in [-0.4, -0.2) is 23.9 Å². The summed E-state index contributed by atoms with van der Waals surface area (Å²) in [5.74, 6) is 1.60. The van der Waals surface area contributed by atoms with Gasteiger partial charge in [0.2, 0.25) is 0 Å². The highest BCUT2D eigenvalue weighted by atomic mass is 19.4. The fourth-order valence-corrected chi connectivity index (χ4v) is 3.07. The molecule has 7 heteroatoms. The second kappa shape index (κ2) is 6.90. The average molecular weight is 352 g/mol. The van der Waals surface area contributed by atoms with Crippen LogP contribution in [-0.2, 0) is 6.18 Å². The maximum atomic E-state index is 12.8. The van der Waals surface area contributed by atoms with E-state index in [1.807, 2.05) is 4.90 Å². The molecule has 1 fully saturated rings. The zero-order valence-electron chi connectivity index (χ0n) is 13.8. The Balaban J connectivity index is 1.58. The average Bonchev–Trinajstić information content (AvgIpc) is 3.01. The van der Waals surface area contributed by atoms with Crippen LogP contribution in [0, 0.1) is 12.8 Å². The molecule has 3 rings (SSSR count). The third-order valence-electron chi connectivity index (χ3n) is 4.45. The Morgan fingerprint density at radius 3 is 2.56 bits per heavy atom.